The molecule has 46 heavy (non-hydrogen) atoms. The first-order valence-electron chi connectivity index (χ1n) is 16.4. The number of likely N-dealkylation sites (tertiary alicyclic amines) is 1. The summed E-state index contributed by atoms with van der Waals surface area (Å²) in [6, 6.07) is 20.5. The Balaban J connectivity index is 1.21. The lowest BCUT2D eigenvalue weighted by atomic mass is 9.66. The first-order valence-corrected chi connectivity index (χ1v) is 16.4. The quantitative estimate of drug-likeness (QED) is 0.420. The van der Waals surface area contributed by atoms with Crippen molar-refractivity contribution in [3.05, 3.63) is 89.0 Å². The van der Waals surface area contributed by atoms with Gasteiger partial charge in [-0.3, -0.25) is 9.36 Å². The molecule has 2 aliphatic heterocycles. The summed E-state index contributed by atoms with van der Waals surface area (Å²) >= 11 is 0. The summed E-state index contributed by atoms with van der Waals surface area (Å²) in [6.07, 6.45) is 5.02. The van der Waals surface area contributed by atoms with Crippen molar-refractivity contribution in [2.24, 2.45) is 5.41 Å². The first-order chi connectivity index (χ1) is 22.0. The Morgan fingerprint density at radius 3 is 2.26 bits per heavy atom. The number of ether oxygens (including phenoxy) is 1. The van der Waals surface area contributed by atoms with Crippen LogP contribution in [0.15, 0.2) is 77.9 Å². The van der Waals surface area contributed by atoms with Gasteiger partial charge in [0.1, 0.15) is 5.60 Å². The van der Waals surface area contributed by atoms with E-state index in [2.05, 4.69) is 4.98 Å². The van der Waals surface area contributed by atoms with E-state index in [1.54, 1.807) is 4.90 Å². The third-order valence-electron chi connectivity index (χ3n) is 9.95. The molecule has 244 valence electrons. The zero-order valence-electron chi connectivity index (χ0n) is 27.1. The van der Waals surface area contributed by atoms with Crippen LogP contribution in [0, 0.1) is 5.41 Å². The minimum atomic E-state index is -1.16. The highest BCUT2D eigenvalue weighted by Gasteiger charge is 2.56. The number of carbonyl (C=O) groups is 2. The van der Waals surface area contributed by atoms with E-state index in [1.165, 1.54) is 17.0 Å². The van der Waals surface area contributed by atoms with Crippen molar-refractivity contribution in [2.75, 3.05) is 32.7 Å². The van der Waals surface area contributed by atoms with Crippen molar-refractivity contribution in [3.8, 4) is 11.3 Å². The van der Waals surface area contributed by atoms with Crippen LogP contribution in [0.3, 0.4) is 0 Å². The number of carbonyl (C=O) groups excluding carboxylic acids is 2. The summed E-state index contributed by atoms with van der Waals surface area (Å²) in [5, 5.41) is 12.3. The van der Waals surface area contributed by atoms with Gasteiger partial charge in [-0.15, -0.1) is 0 Å². The van der Waals surface area contributed by atoms with E-state index in [1.807, 2.05) is 91.2 Å². The molecule has 10 nitrogen and oxygen atoms in total. The van der Waals surface area contributed by atoms with Crippen LogP contribution in [0.25, 0.3) is 11.3 Å². The monoisotopic (exact) mass is 627 g/mol. The standard InChI is InChI=1S/C36H45N5O5/c1-34(2,3)46-33(44)38-20-21-41(30(23-38)28-14-8-5-9-15-28)32(43)39-19-18-36(45,35(24-39)16-10-11-17-35)25-40-26-37-29(22-31(40)42)27-12-6-4-7-13-27/h4-9,12-15,22,26,30,45H,10-11,16-21,23-25H2,1-3H3/t30-,36-/m1/s1. The van der Waals surface area contributed by atoms with Gasteiger partial charge in [0.25, 0.3) is 5.56 Å². The molecule has 3 aromatic rings. The van der Waals surface area contributed by atoms with E-state index in [0.29, 0.717) is 44.8 Å². The van der Waals surface area contributed by atoms with E-state index < -0.39 is 16.6 Å². The number of rotatable bonds is 4. The number of hydrogen-bond donors (Lipinski definition) is 1. The Morgan fingerprint density at radius 1 is 0.935 bits per heavy atom. The molecule has 1 spiro atoms. The molecule has 3 amide bonds. The molecule has 0 bridgehead atoms. The SMILES string of the molecule is CC(C)(C)OC(=O)N1CCN(C(=O)N2CC[C@@](O)(Cn3cnc(-c4ccccc4)cc3=O)C3(CCCC3)C2)[C@@H](c2ccccc2)C1. The Kier molecular flexibility index (Phi) is 8.67. The van der Waals surface area contributed by atoms with Crippen molar-refractivity contribution in [1.29, 1.82) is 0 Å². The number of urea groups is 1. The minimum absolute atomic E-state index is 0.0861. The van der Waals surface area contributed by atoms with Crippen LogP contribution in [-0.4, -0.2) is 85.4 Å². The molecule has 2 atom stereocenters. The lowest BCUT2D eigenvalue weighted by Crippen LogP contribution is -2.64. The number of amides is 3. The first kappa shape index (κ1) is 31.8. The summed E-state index contributed by atoms with van der Waals surface area (Å²) in [7, 11) is 0. The molecule has 1 aliphatic carbocycles. The molecule has 3 aliphatic rings. The fourth-order valence-electron chi connectivity index (χ4n) is 7.50. The summed E-state index contributed by atoms with van der Waals surface area (Å²) in [4.78, 5) is 50.6. The van der Waals surface area contributed by atoms with E-state index in [9.17, 15) is 19.5 Å². The second-order valence-electron chi connectivity index (χ2n) is 14.1. The van der Waals surface area contributed by atoms with Crippen LogP contribution in [0.2, 0.25) is 0 Å². The van der Waals surface area contributed by atoms with Crippen LogP contribution in [0.5, 0.6) is 0 Å². The molecule has 0 unspecified atom stereocenters. The van der Waals surface area contributed by atoms with Crippen LogP contribution >= 0.6 is 0 Å². The van der Waals surface area contributed by atoms with E-state index in [4.69, 9.17) is 4.74 Å². The molecule has 0 radical (unpaired) electrons. The van der Waals surface area contributed by atoms with Gasteiger partial charge in [-0.1, -0.05) is 73.5 Å². The zero-order valence-corrected chi connectivity index (χ0v) is 27.1. The fourth-order valence-corrected chi connectivity index (χ4v) is 7.50. The highest BCUT2D eigenvalue weighted by Crippen LogP contribution is 2.52. The number of aliphatic hydroxyl groups is 1. The van der Waals surface area contributed by atoms with Crippen molar-refractivity contribution < 1.29 is 19.4 Å². The Bertz CT molecular complexity index is 1600. The molecule has 1 N–H and O–H groups in total. The van der Waals surface area contributed by atoms with Crippen molar-refractivity contribution in [3.63, 3.8) is 0 Å². The maximum atomic E-state index is 14.3. The smallest absolute Gasteiger partial charge is 0.410 e. The van der Waals surface area contributed by atoms with E-state index in [-0.39, 0.29) is 30.3 Å². The van der Waals surface area contributed by atoms with Gasteiger partial charge >= 0.3 is 12.1 Å². The highest BCUT2D eigenvalue weighted by atomic mass is 16.6. The van der Waals surface area contributed by atoms with Crippen molar-refractivity contribution >= 4 is 12.1 Å². The Morgan fingerprint density at radius 2 is 1.61 bits per heavy atom. The normalized spacial score (nSPS) is 23.0. The number of benzene rings is 2. The largest absolute Gasteiger partial charge is 0.444 e. The second-order valence-corrected chi connectivity index (χ2v) is 14.1. The van der Waals surface area contributed by atoms with Gasteiger partial charge in [0.2, 0.25) is 0 Å². The molecule has 6 rings (SSSR count). The predicted molar refractivity (Wildman–Crippen MR) is 175 cm³/mol. The van der Waals surface area contributed by atoms with Gasteiger partial charge in [-0.2, -0.15) is 0 Å². The van der Waals surface area contributed by atoms with Crippen molar-refractivity contribution in [2.45, 2.75) is 76.7 Å². The molecule has 2 aromatic carbocycles. The number of aromatic nitrogens is 2. The van der Waals surface area contributed by atoms with E-state index in [0.717, 1.165) is 36.8 Å². The number of piperidine rings is 1. The summed E-state index contributed by atoms with van der Waals surface area (Å²) in [5.41, 5.74) is -0.0818. The molecule has 3 heterocycles. The van der Waals surface area contributed by atoms with Crippen molar-refractivity contribution in [1.82, 2.24) is 24.3 Å². The number of nitrogens with zero attached hydrogens (tertiary/aromatic N) is 5. The maximum Gasteiger partial charge on any atom is 0.410 e. The van der Waals surface area contributed by atoms with Gasteiger partial charge in [0.15, 0.2) is 0 Å². The van der Waals surface area contributed by atoms with Crippen LogP contribution in [0.1, 0.15) is 64.5 Å². The third-order valence-corrected chi connectivity index (χ3v) is 9.95. The molecule has 10 heteroatoms. The van der Waals surface area contributed by atoms with Gasteiger partial charge in [-0.05, 0) is 45.6 Å². The maximum absolute atomic E-state index is 14.3. The number of hydrogen-bond acceptors (Lipinski definition) is 6. The molecule has 1 aromatic heterocycles. The van der Waals surface area contributed by atoms with Crippen LogP contribution < -0.4 is 5.56 Å². The second kappa shape index (κ2) is 12.5. The van der Waals surface area contributed by atoms with E-state index >= 15 is 0 Å². The third kappa shape index (κ3) is 6.40. The molecular formula is C36H45N5O5. The summed E-state index contributed by atoms with van der Waals surface area (Å²) in [6.45, 7) is 7.56. The summed E-state index contributed by atoms with van der Waals surface area (Å²) in [5.74, 6) is 0. The fraction of sp³-hybridized carbons (Fsp3) is 0.500. The van der Waals surface area contributed by atoms with Gasteiger partial charge in [-0.25, -0.2) is 14.6 Å². The highest BCUT2D eigenvalue weighted by molar-refractivity contribution is 5.76. The molecule has 1 saturated carbocycles. The van der Waals surface area contributed by atoms with Gasteiger partial charge in [0, 0.05) is 49.8 Å². The topological polar surface area (TPSA) is 108 Å². The molecule has 3 fully saturated rings. The van der Waals surface area contributed by atoms with Gasteiger partial charge in [0.05, 0.1) is 30.2 Å². The van der Waals surface area contributed by atoms with Gasteiger partial charge < -0.3 is 24.5 Å². The zero-order chi connectivity index (χ0) is 32.5. The van der Waals surface area contributed by atoms with Crippen LogP contribution in [-0.2, 0) is 11.3 Å². The predicted octanol–water partition coefficient (Wildman–Crippen LogP) is 5.32. The Hall–Kier alpha value is -4.18. The minimum Gasteiger partial charge on any atom is -0.444 e. The summed E-state index contributed by atoms with van der Waals surface area (Å²) < 4.78 is 7.18. The average molecular weight is 628 g/mol. The lowest BCUT2D eigenvalue weighted by Gasteiger charge is -2.53. The number of piperazine rings is 1. The molecular weight excluding hydrogens is 582 g/mol. The lowest BCUT2D eigenvalue weighted by molar-refractivity contribution is -0.137. The average Bonchev–Trinajstić information content (AvgIpc) is 3.53. The Labute approximate surface area is 270 Å². The van der Waals surface area contributed by atoms with Crippen LogP contribution in [0.4, 0.5) is 9.59 Å². The molecule has 2 saturated heterocycles.